The molecule has 0 spiro atoms. The summed E-state index contributed by atoms with van der Waals surface area (Å²) in [4.78, 5) is 2.59. The van der Waals surface area contributed by atoms with Crippen LogP contribution in [0.5, 0.6) is 0 Å². The third-order valence-electron chi connectivity index (χ3n) is 3.72. The molecule has 1 nitrogen and oxygen atoms in total. The van der Waals surface area contributed by atoms with Gasteiger partial charge < -0.3 is 4.90 Å². The fraction of sp³-hybridized carbons (Fsp3) is 0.600. The summed E-state index contributed by atoms with van der Waals surface area (Å²) in [5.74, 6) is 1.02. The first-order chi connectivity index (χ1) is 8.33. The molecule has 0 aromatic heterocycles. The van der Waals surface area contributed by atoms with Gasteiger partial charge in [0.2, 0.25) is 0 Å². The molecule has 1 aliphatic heterocycles. The van der Waals surface area contributed by atoms with Crippen LogP contribution in [-0.4, -0.2) is 18.3 Å². The van der Waals surface area contributed by atoms with E-state index in [9.17, 15) is 0 Å². The Morgan fingerprint density at radius 2 is 2.06 bits per heavy atom. The molecular weight excluding hydrogens is 226 g/mol. The summed E-state index contributed by atoms with van der Waals surface area (Å²) in [5.41, 5.74) is 3.00. The van der Waals surface area contributed by atoms with Gasteiger partial charge in [0.15, 0.2) is 0 Å². The van der Waals surface area contributed by atoms with E-state index in [1.165, 1.54) is 49.9 Å². The number of fused-ring (bicyclic) bond motifs is 1. The number of rotatable bonds is 5. The van der Waals surface area contributed by atoms with Gasteiger partial charge in [-0.05, 0) is 50.0 Å². The van der Waals surface area contributed by atoms with Gasteiger partial charge in [0.1, 0.15) is 0 Å². The molecule has 0 bridgehead atoms. The first-order valence-corrected chi connectivity index (χ1v) is 7.41. The van der Waals surface area contributed by atoms with Crippen LogP contribution in [0.4, 0.5) is 5.69 Å². The maximum absolute atomic E-state index is 4.27. The van der Waals surface area contributed by atoms with Crippen LogP contribution in [0.1, 0.15) is 38.2 Å². The smallest absolute Gasteiger partial charge is 0.0401 e. The van der Waals surface area contributed by atoms with Crippen LogP contribution >= 0.6 is 12.6 Å². The largest absolute Gasteiger partial charge is 0.369 e. The second kappa shape index (κ2) is 6.34. The summed E-state index contributed by atoms with van der Waals surface area (Å²) in [5, 5.41) is 0. The molecule has 1 atom stereocenters. The van der Waals surface area contributed by atoms with Crippen LogP contribution in [-0.2, 0) is 6.42 Å². The predicted octanol–water partition coefficient (Wildman–Crippen LogP) is 3.93. The number of aryl methyl sites for hydroxylation is 1. The number of unbranched alkanes of at least 4 members (excludes halogenated alkanes) is 2. The van der Waals surface area contributed by atoms with E-state index in [4.69, 9.17) is 0 Å². The monoisotopic (exact) mass is 249 g/mol. The molecule has 0 saturated carbocycles. The van der Waals surface area contributed by atoms with Gasteiger partial charge in [-0.2, -0.15) is 12.6 Å². The van der Waals surface area contributed by atoms with E-state index in [0.29, 0.717) is 6.04 Å². The van der Waals surface area contributed by atoms with E-state index < -0.39 is 0 Å². The first kappa shape index (κ1) is 12.8. The van der Waals surface area contributed by atoms with E-state index in [0.717, 1.165) is 5.75 Å². The van der Waals surface area contributed by atoms with Crippen molar-refractivity contribution in [3.05, 3.63) is 29.8 Å². The number of thiol groups is 1. The highest BCUT2D eigenvalue weighted by Gasteiger charge is 2.21. The number of hydrogen-bond acceptors (Lipinski definition) is 2. The minimum absolute atomic E-state index is 0.695. The Bertz CT molecular complexity index is 351. The standard InChI is InChI=1S/C15H23NS/c1-13-9-10-14-7-3-4-8-15(14)16(13)11-5-2-6-12-17/h3-4,7-8,13,17H,2,5-6,9-12H2,1H3. The van der Waals surface area contributed by atoms with Crippen LogP contribution < -0.4 is 4.90 Å². The summed E-state index contributed by atoms with van der Waals surface area (Å²) in [7, 11) is 0. The highest BCUT2D eigenvalue weighted by Crippen LogP contribution is 2.30. The average Bonchev–Trinajstić information content (AvgIpc) is 2.37. The third-order valence-corrected chi connectivity index (χ3v) is 4.04. The normalized spacial score (nSPS) is 19.2. The Kier molecular flexibility index (Phi) is 4.78. The lowest BCUT2D eigenvalue weighted by Crippen LogP contribution is -2.37. The molecule has 1 aromatic rings. The molecular formula is C15H23NS. The molecule has 1 aliphatic rings. The molecule has 17 heavy (non-hydrogen) atoms. The molecule has 0 radical (unpaired) electrons. The van der Waals surface area contributed by atoms with E-state index in [1.807, 2.05) is 0 Å². The van der Waals surface area contributed by atoms with Crippen LogP contribution in [0.25, 0.3) is 0 Å². The Balaban J connectivity index is 2.00. The molecule has 1 unspecified atom stereocenters. The molecule has 0 fully saturated rings. The van der Waals surface area contributed by atoms with E-state index in [-0.39, 0.29) is 0 Å². The second-order valence-electron chi connectivity index (χ2n) is 4.99. The van der Waals surface area contributed by atoms with Gasteiger partial charge in [-0.15, -0.1) is 0 Å². The van der Waals surface area contributed by atoms with Gasteiger partial charge in [0.25, 0.3) is 0 Å². The van der Waals surface area contributed by atoms with Crippen molar-refractivity contribution >= 4 is 18.3 Å². The van der Waals surface area contributed by atoms with Crippen molar-refractivity contribution in [2.24, 2.45) is 0 Å². The van der Waals surface area contributed by atoms with Crippen molar-refractivity contribution in [2.75, 3.05) is 17.2 Å². The zero-order valence-electron chi connectivity index (χ0n) is 10.7. The van der Waals surface area contributed by atoms with E-state index >= 15 is 0 Å². The summed E-state index contributed by atoms with van der Waals surface area (Å²) in [6.45, 7) is 3.56. The van der Waals surface area contributed by atoms with Crippen molar-refractivity contribution in [1.29, 1.82) is 0 Å². The average molecular weight is 249 g/mol. The maximum Gasteiger partial charge on any atom is 0.0401 e. The van der Waals surface area contributed by atoms with Crippen molar-refractivity contribution in [3.63, 3.8) is 0 Å². The van der Waals surface area contributed by atoms with Gasteiger partial charge in [-0.25, -0.2) is 0 Å². The highest BCUT2D eigenvalue weighted by atomic mass is 32.1. The molecule has 1 heterocycles. The molecule has 0 aliphatic carbocycles. The van der Waals surface area contributed by atoms with Crippen LogP contribution in [0.15, 0.2) is 24.3 Å². The lowest BCUT2D eigenvalue weighted by molar-refractivity contribution is 0.544. The SMILES string of the molecule is CC1CCc2ccccc2N1CCCCCS. The summed E-state index contributed by atoms with van der Waals surface area (Å²) in [6.07, 6.45) is 6.37. The zero-order valence-corrected chi connectivity index (χ0v) is 11.6. The molecule has 0 saturated heterocycles. The molecule has 94 valence electrons. The van der Waals surface area contributed by atoms with Gasteiger partial charge in [0.05, 0.1) is 0 Å². The van der Waals surface area contributed by atoms with Crippen molar-refractivity contribution in [3.8, 4) is 0 Å². The Hall–Kier alpha value is -0.630. The van der Waals surface area contributed by atoms with Gasteiger partial charge in [-0.3, -0.25) is 0 Å². The van der Waals surface area contributed by atoms with Crippen molar-refractivity contribution < 1.29 is 0 Å². The van der Waals surface area contributed by atoms with Gasteiger partial charge >= 0.3 is 0 Å². The minimum atomic E-state index is 0.695. The number of para-hydroxylation sites is 1. The van der Waals surface area contributed by atoms with Crippen molar-refractivity contribution in [2.45, 2.75) is 45.1 Å². The zero-order chi connectivity index (χ0) is 12.1. The number of nitrogens with zero attached hydrogens (tertiary/aromatic N) is 1. The topological polar surface area (TPSA) is 3.24 Å². The first-order valence-electron chi connectivity index (χ1n) is 6.78. The highest BCUT2D eigenvalue weighted by molar-refractivity contribution is 7.80. The lowest BCUT2D eigenvalue weighted by Gasteiger charge is -2.37. The number of hydrogen-bond donors (Lipinski definition) is 1. The second-order valence-corrected chi connectivity index (χ2v) is 5.44. The minimum Gasteiger partial charge on any atom is -0.369 e. The molecule has 0 amide bonds. The Morgan fingerprint density at radius 1 is 1.24 bits per heavy atom. The fourth-order valence-electron chi connectivity index (χ4n) is 2.67. The number of anilines is 1. The quantitative estimate of drug-likeness (QED) is 0.611. The molecule has 1 aromatic carbocycles. The van der Waals surface area contributed by atoms with Gasteiger partial charge in [0, 0.05) is 18.3 Å². The summed E-state index contributed by atoms with van der Waals surface area (Å²) >= 11 is 4.27. The van der Waals surface area contributed by atoms with E-state index in [2.05, 4.69) is 48.7 Å². The fourth-order valence-corrected chi connectivity index (χ4v) is 2.90. The van der Waals surface area contributed by atoms with Crippen molar-refractivity contribution in [1.82, 2.24) is 0 Å². The van der Waals surface area contributed by atoms with Crippen LogP contribution in [0, 0.1) is 0 Å². The van der Waals surface area contributed by atoms with E-state index in [1.54, 1.807) is 0 Å². The van der Waals surface area contributed by atoms with Gasteiger partial charge in [-0.1, -0.05) is 24.6 Å². The summed E-state index contributed by atoms with van der Waals surface area (Å²) < 4.78 is 0. The summed E-state index contributed by atoms with van der Waals surface area (Å²) in [6, 6.07) is 9.58. The number of benzene rings is 1. The Labute approximate surface area is 111 Å². The van der Waals surface area contributed by atoms with Crippen LogP contribution in [0.3, 0.4) is 0 Å². The molecule has 2 heteroatoms. The molecule has 2 rings (SSSR count). The molecule has 0 N–H and O–H groups in total. The third kappa shape index (κ3) is 3.19. The maximum atomic E-state index is 4.27. The predicted molar refractivity (Wildman–Crippen MR) is 79.3 cm³/mol. The lowest BCUT2D eigenvalue weighted by atomic mass is 9.96. The van der Waals surface area contributed by atoms with Crippen LogP contribution in [0.2, 0.25) is 0 Å². The Morgan fingerprint density at radius 3 is 2.88 bits per heavy atom.